The summed E-state index contributed by atoms with van der Waals surface area (Å²) >= 11 is 1.48. The number of benzene rings is 1. The normalized spacial score (nSPS) is 13.7. The first-order valence-corrected chi connectivity index (χ1v) is 10.7. The van der Waals surface area contributed by atoms with Gasteiger partial charge in [0.1, 0.15) is 0 Å². The van der Waals surface area contributed by atoms with Crippen molar-refractivity contribution in [3.63, 3.8) is 0 Å². The fraction of sp³-hybridized carbons (Fsp3) is 0.389. The van der Waals surface area contributed by atoms with E-state index in [2.05, 4.69) is 10.0 Å². The average Bonchev–Trinajstić information content (AvgIpc) is 3.13. The third-order valence-electron chi connectivity index (χ3n) is 4.52. The maximum absolute atomic E-state index is 12.6. The van der Waals surface area contributed by atoms with E-state index in [9.17, 15) is 13.2 Å². The lowest BCUT2D eigenvalue weighted by atomic mass is 9.88. The number of sulfonamides is 1. The molecule has 0 bridgehead atoms. The first-order valence-electron chi connectivity index (χ1n) is 8.32. The summed E-state index contributed by atoms with van der Waals surface area (Å²) in [5, 5.41) is 4.80. The highest BCUT2D eigenvalue weighted by Crippen LogP contribution is 2.18. The molecule has 1 atom stereocenters. The van der Waals surface area contributed by atoms with Crippen LogP contribution in [0, 0.1) is 5.92 Å². The molecule has 1 heterocycles. The molecule has 0 aliphatic rings. The maximum atomic E-state index is 12.6. The predicted molar refractivity (Wildman–Crippen MR) is 112 cm³/mol. The molecule has 4 N–H and O–H groups in total. The van der Waals surface area contributed by atoms with E-state index in [0.717, 1.165) is 4.88 Å². The second kappa shape index (κ2) is 9.66. The van der Waals surface area contributed by atoms with Crippen LogP contribution in [0.1, 0.15) is 36.0 Å². The van der Waals surface area contributed by atoms with Crippen molar-refractivity contribution in [1.82, 2.24) is 10.0 Å². The Morgan fingerprint density at radius 3 is 2.52 bits per heavy atom. The number of hydrogen-bond donors (Lipinski definition) is 3. The monoisotopic (exact) mass is 431 g/mol. The van der Waals surface area contributed by atoms with Gasteiger partial charge < -0.3 is 11.1 Å². The van der Waals surface area contributed by atoms with Gasteiger partial charge in [-0.2, -0.15) is 0 Å². The van der Waals surface area contributed by atoms with Crippen LogP contribution in [0.5, 0.6) is 0 Å². The van der Waals surface area contributed by atoms with Crippen molar-refractivity contribution in [1.29, 1.82) is 0 Å². The molecule has 9 heteroatoms. The molecule has 0 saturated carbocycles. The summed E-state index contributed by atoms with van der Waals surface area (Å²) in [6, 6.07) is 9.72. The number of carbonyl (C=O) groups is 1. The van der Waals surface area contributed by atoms with Gasteiger partial charge in [-0.1, -0.05) is 26.0 Å². The molecule has 1 unspecified atom stereocenters. The number of halogens is 1. The van der Waals surface area contributed by atoms with Crippen LogP contribution in [-0.4, -0.2) is 26.4 Å². The van der Waals surface area contributed by atoms with Crippen LogP contribution in [0.2, 0.25) is 0 Å². The third kappa shape index (κ3) is 6.02. The van der Waals surface area contributed by atoms with E-state index >= 15 is 0 Å². The van der Waals surface area contributed by atoms with E-state index in [4.69, 9.17) is 5.73 Å². The van der Waals surface area contributed by atoms with Gasteiger partial charge in [-0.25, -0.2) is 13.1 Å². The Labute approximate surface area is 171 Å². The van der Waals surface area contributed by atoms with Crippen LogP contribution in [-0.2, 0) is 16.6 Å². The topological polar surface area (TPSA) is 101 Å². The molecule has 2 rings (SSSR count). The minimum Gasteiger partial charge on any atom is -0.345 e. The SMILES string of the molecule is CC(C)C(C)(CN)NC(=O)c1cccc(S(=O)(=O)NCc2cccs2)c1.Cl. The molecule has 0 saturated heterocycles. The van der Waals surface area contributed by atoms with Gasteiger partial charge in [-0.3, -0.25) is 4.79 Å². The summed E-state index contributed by atoms with van der Waals surface area (Å²) in [6.07, 6.45) is 0. The minimum absolute atomic E-state index is 0. The Balaban J connectivity index is 0.00000364. The highest BCUT2D eigenvalue weighted by Gasteiger charge is 2.29. The summed E-state index contributed by atoms with van der Waals surface area (Å²) in [4.78, 5) is 13.5. The van der Waals surface area contributed by atoms with Crippen molar-refractivity contribution >= 4 is 39.7 Å². The Kier molecular flexibility index (Phi) is 8.44. The second-order valence-electron chi connectivity index (χ2n) is 6.66. The minimum atomic E-state index is -3.71. The molecule has 6 nitrogen and oxygen atoms in total. The highest BCUT2D eigenvalue weighted by atomic mass is 35.5. The third-order valence-corrected chi connectivity index (χ3v) is 6.80. The van der Waals surface area contributed by atoms with E-state index in [1.54, 1.807) is 12.1 Å². The van der Waals surface area contributed by atoms with E-state index in [1.807, 2.05) is 38.3 Å². The lowest BCUT2D eigenvalue weighted by Gasteiger charge is -2.33. The van der Waals surface area contributed by atoms with Crippen molar-refractivity contribution < 1.29 is 13.2 Å². The molecule has 150 valence electrons. The van der Waals surface area contributed by atoms with Crippen molar-refractivity contribution in [2.45, 2.75) is 37.8 Å². The zero-order valence-electron chi connectivity index (χ0n) is 15.6. The molecule has 2 aromatic rings. The van der Waals surface area contributed by atoms with Crippen molar-refractivity contribution in [2.75, 3.05) is 6.54 Å². The summed E-state index contributed by atoms with van der Waals surface area (Å²) < 4.78 is 27.5. The van der Waals surface area contributed by atoms with Gasteiger partial charge in [-0.15, -0.1) is 23.7 Å². The van der Waals surface area contributed by atoms with Crippen LogP contribution in [0.15, 0.2) is 46.7 Å². The maximum Gasteiger partial charge on any atom is 0.251 e. The highest BCUT2D eigenvalue weighted by molar-refractivity contribution is 7.89. The first kappa shape index (κ1) is 23.6. The smallest absolute Gasteiger partial charge is 0.251 e. The molecular weight excluding hydrogens is 406 g/mol. The van der Waals surface area contributed by atoms with E-state index in [0.29, 0.717) is 0 Å². The number of nitrogens with two attached hydrogens (primary N) is 1. The van der Waals surface area contributed by atoms with Crippen molar-refractivity contribution in [3.05, 3.63) is 52.2 Å². The summed E-state index contributed by atoms with van der Waals surface area (Å²) in [5.41, 5.74) is 5.52. The van der Waals surface area contributed by atoms with Gasteiger partial charge in [0.15, 0.2) is 0 Å². The largest absolute Gasteiger partial charge is 0.345 e. The van der Waals surface area contributed by atoms with Gasteiger partial charge in [0.25, 0.3) is 5.91 Å². The lowest BCUT2D eigenvalue weighted by molar-refractivity contribution is 0.0883. The molecule has 0 spiro atoms. The fourth-order valence-electron chi connectivity index (χ4n) is 2.23. The number of thiophene rings is 1. The molecule has 0 fully saturated rings. The summed E-state index contributed by atoms with van der Waals surface area (Å²) in [6.45, 7) is 6.33. The van der Waals surface area contributed by atoms with E-state index < -0.39 is 15.6 Å². The number of carbonyl (C=O) groups excluding carboxylic acids is 1. The average molecular weight is 432 g/mol. The standard InChI is InChI=1S/C18H25N3O3S2.ClH/c1-13(2)18(3,12-19)21-17(22)14-6-4-8-16(10-14)26(23,24)20-11-15-7-5-9-25-15;/h4-10,13,20H,11-12,19H2,1-3H3,(H,21,22);1H. The molecule has 1 aromatic carbocycles. The molecule has 0 aliphatic carbocycles. The van der Waals surface area contributed by atoms with Crippen LogP contribution in [0.4, 0.5) is 0 Å². The first-order chi connectivity index (χ1) is 12.2. The van der Waals surface area contributed by atoms with Crippen LogP contribution in [0.3, 0.4) is 0 Å². The molecule has 1 amide bonds. The van der Waals surface area contributed by atoms with Gasteiger partial charge >= 0.3 is 0 Å². The Morgan fingerprint density at radius 2 is 1.96 bits per heavy atom. The lowest BCUT2D eigenvalue weighted by Crippen LogP contribution is -2.55. The Bertz CT molecular complexity index is 854. The van der Waals surface area contributed by atoms with Crippen LogP contribution >= 0.6 is 23.7 Å². The molecule has 1 aromatic heterocycles. The Hall–Kier alpha value is -1.45. The van der Waals surface area contributed by atoms with Gasteiger partial charge in [-0.05, 0) is 42.5 Å². The second-order valence-corrected chi connectivity index (χ2v) is 9.46. The molecule has 0 radical (unpaired) electrons. The van der Waals surface area contributed by atoms with E-state index in [1.165, 1.54) is 23.5 Å². The Morgan fingerprint density at radius 1 is 1.26 bits per heavy atom. The number of amides is 1. The van der Waals surface area contributed by atoms with Gasteiger partial charge in [0.05, 0.1) is 10.4 Å². The van der Waals surface area contributed by atoms with Gasteiger partial charge in [0, 0.05) is 23.5 Å². The fourth-order valence-corrected chi connectivity index (χ4v) is 4.02. The van der Waals surface area contributed by atoms with Gasteiger partial charge in [0.2, 0.25) is 10.0 Å². The van der Waals surface area contributed by atoms with Crippen molar-refractivity contribution in [2.24, 2.45) is 11.7 Å². The molecular formula is C18H26ClN3O3S2. The molecule has 27 heavy (non-hydrogen) atoms. The van der Waals surface area contributed by atoms with Crippen molar-refractivity contribution in [3.8, 4) is 0 Å². The summed E-state index contributed by atoms with van der Waals surface area (Å²) in [7, 11) is -3.71. The number of nitrogens with one attached hydrogen (secondary N) is 2. The predicted octanol–water partition coefficient (Wildman–Crippen LogP) is 2.75. The zero-order valence-corrected chi connectivity index (χ0v) is 18.0. The van der Waals surface area contributed by atoms with E-state index in [-0.39, 0.29) is 47.8 Å². The zero-order chi connectivity index (χ0) is 19.4. The van der Waals surface area contributed by atoms with Crippen LogP contribution < -0.4 is 15.8 Å². The quantitative estimate of drug-likeness (QED) is 0.598. The number of hydrogen-bond acceptors (Lipinski definition) is 5. The summed E-state index contributed by atoms with van der Waals surface area (Å²) in [5.74, 6) is -0.210. The number of rotatable bonds is 8. The molecule has 0 aliphatic heterocycles. The van der Waals surface area contributed by atoms with Crippen LogP contribution in [0.25, 0.3) is 0 Å².